The fourth-order valence-electron chi connectivity index (χ4n) is 1.84. The van der Waals surface area contributed by atoms with Crippen LogP contribution in [-0.2, 0) is 4.79 Å². The summed E-state index contributed by atoms with van der Waals surface area (Å²) in [6.45, 7) is 4.10. The third kappa shape index (κ3) is 2.56. The van der Waals surface area contributed by atoms with Crippen LogP contribution in [0.2, 0.25) is 5.02 Å². The molecule has 1 fully saturated rings. The van der Waals surface area contributed by atoms with Gasteiger partial charge >= 0.3 is 0 Å². The summed E-state index contributed by atoms with van der Waals surface area (Å²) in [6, 6.07) is 7.64. The zero-order chi connectivity index (χ0) is 11.7. The minimum absolute atomic E-state index is 0.0533. The van der Waals surface area contributed by atoms with E-state index in [1.165, 1.54) is 0 Å². The van der Waals surface area contributed by atoms with Crippen LogP contribution in [0.4, 0.5) is 0 Å². The van der Waals surface area contributed by atoms with Crippen molar-refractivity contribution in [3.8, 4) is 0 Å². The lowest BCUT2D eigenvalue weighted by atomic mass is 10.1. The molecular weight excluding hydrogens is 222 g/mol. The second kappa shape index (κ2) is 4.46. The van der Waals surface area contributed by atoms with E-state index in [4.69, 9.17) is 11.6 Å². The summed E-state index contributed by atoms with van der Waals surface area (Å²) in [5.41, 5.74) is 1.09. The van der Waals surface area contributed by atoms with Crippen molar-refractivity contribution in [2.24, 2.45) is 11.8 Å². The van der Waals surface area contributed by atoms with E-state index in [9.17, 15) is 4.79 Å². The first-order valence-electron chi connectivity index (χ1n) is 5.64. The van der Waals surface area contributed by atoms with E-state index in [0.29, 0.717) is 5.92 Å². The van der Waals surface area contributed by atoms with Crippen LogP contribution < -0.4 is 5.32 Å². The number of rotatable bonds is 3. The van der Waals surface area contributed by atoms with Gasteiger partial charge < -0.3 is 5.32 Å². The summed E-state index contributed by atoms with van der Waals surface area (Å²) in [7, 11) is 0. The molecule has 1 aromatic carbocycles. The lowest BCUT2D eigenvalue weighted by Gasteiger charge is -2.14. The predicted molar refractivity (Wildman–Crippen MR) is 65.3 cm³/mol. The molecule has 0 aromatic heterocycles. The number of hydrogen-bond donors (Lipinski definition) is 1. The maximum Gasteiger partial charge on any atom is 0.223 e. The van der Waals surface area contributed by atoms with Gasteiger partial charge in [0.1, 0.15) is 0 Å². The molecule has 0 heterocycles. The van der Waals surface area contributed by atoms with Crippen molar-refractivity contribution in [2.45, 2.75) is 26.3 Å². The lowest BCUT2D eigenvalue weighted by Crippen LogP contribution is -2.28. The van der Waals surface area contributed by atoms with Gasteiger partial charge in [-0.1, -0.05) is 30.7 Å². The molecule has 0 spiro atoms. The molecule has 1 aliphatic rings. The number of nitrogens with one attached hydrogen (secondary N) is 1. The van der Waals surface area contributed by atoms with Gasteiger partial charge in [-0.25, -0.2) is 0 Å². The SMILES string of the molecule is C[C@H](NC(=O)[C@H]1C[C@H]1C)c1ccc(Cl)cc1. The summed E-state index contributed by atoms with van der Waals surface area (Å²) in [4.78, 5) is 11.7. The van der Waals surface area contributed by atoms with Crippen molar-refractivity contribution in [3.63, 3.8) is 0 Å². The normalized spacial score (nSPS) is 24.9. The van der Waals surface area contributed by atoms with Crippen molar-refractivity contribution in [3.05, 3.63) is 34.9 Å². The summed E-state index contributed by atoms with van der Waals surface area (Å²) >= 11 is 5.81. The Balaban J connectivity index is 1.94. The quantitative estimate of drug-likeness (QED) is 0.860. The second-order valence-electron chi connectivity index (χ2n) is 4.60. The fourth-order valence-corrected chi connectivity index (χ4v) is 1.97. The van der Waals surface area contributed by atoms with Crippen molar-refractivity contribution < 1.29 is 4.79 Å². The molecule has 3 atom stereocenters. The van der Waals surface area contributed by atoms with Crippen LogP contribution in [0.5, 0.6) is 0 Å². The standard InChI is InChI=1S/C13H16ClNO/c1-8-7-12(8)13(16)15-9(2)10-3-5-11(14)6-4-10/h3-6,8-9,12H,7H2,1-2H3,(H,15,16)/t8-,9+,12+/m1/s1. The zero-order valence-electron chi connectivity index (χ0n) is 9.53. The average molecular weight is 238 g/mol. The molecule has 86 valence electrons. The summed E-state index contributed by atoms with van der Waals surface area (Å²) in [5.74, 6) is 0.960. The molecule has 0 bridgehead atoms. The van der Waals surface area contributed by atoms with E-state index in [0.717, 1.165) is 17.0 Å². The van der Waals surface area contributed by atoms with Gasteiger partial charge in [-0.2, -0.15) is 0 Å². The number of amides is 1. The maximum absolute atomic E-state index is 11.7. The molecule has 1 amide bonds. The molecule has 1 aliphatic carbocycles. The summed E-state index contributed by atoms with van der Waals surface area (Å²) < 4.78 is 0. The Bertz CT molecular complexity index is 387. The third-order valence-corrected chi connectivity index (χ3v) is 3.43. The van der Waals surface area contributed by atoms with Gasteiger partial charge in [0, 0.05) is 10.9 Å². The smallest absolute Gasteiger partial charge is 0.223 e. The number of hydrogen-bond acceptors (Lipinski definition) is 1. The van der Waals surface area contributed by atoms with Crippen molar-refractivity contribution in [2.75, 3.05) is 0 Å². The van der Waals surface area contributed by atoms with E-state index in [-0.39, 0.29) is 17.9 Å². The van der Waals surface area contributed by atoms with Crippen LogP contribution >= 0.6 is 11.6 Å². The van der Waals surface area contributed by atoms with E-state index in [1.54, 1.807) is 0 Å². The Kier molecular flexibility index (Phi) is 3.20. The Labute approximate surface area is 101 Å². The van der Waals surface area contributed by atoms with Crippen LogP contribution in [0.3, 0.4) is 0 Å². The molecule has 0 saturated heterocycles. The van der Waals surface area contributed by atoms with Crippen LogP contribution in [0, 0.1) is 11.8 Å². The van der Waals surface area contributed by atoms with Gasteiger partial charge in [-0.15, -0.1) is 0 Å². The molecule has 1 aromatic rings. The molecule has 2 rings (SSSR count). The van der Waals surface area contributed by atoms with Gasteiger partial charge in [0.15, 0.2) is 0 Å². The molecule has 3 heteroatoms. The third-order valence-electron chi connectivity index (χ3n) is 3.18. The van der Waals surface area contributed by atoms with Crippen LogP contribution in [0.15, 0.2) is 24.3 Å². The van der Waals surface area contributed by atoms with Gasteiger partial charge in [0.05, 0.1) is 6.04 Å². The Morgan fingerprint density at radius 3 is 2.50 bits per heavy atom. The van der Waals surface area contributed by atoms with E-state index >= 15 is 0 Å². The number of benzene rings is 1. The highest BCUT2D eigenvalue weighted by atomic mass is 35.5. The van der Waals surface area contributed by atoms with Gasteiger partial charge in [0.2, 0.25) is 5.91 Å². The van der Waals surface area contributed by atoms with Crippen molar-refractivity contribution in [1.82, 2.24) is 5.32 Å². The lowest BCUT2D eigenvalue weighted by molar-refractivity contribution is -0.123. The molecule has 16 heavy (non-hydrogen) atoms. The van der Waals surface area contributed by atoms with Gasteiger partial charge in [0.25, 0.3) is 0 Å². The first-order chi connectivity index (χ1) is 7.58. The molecule has 0 unspecified atom stereocenters. The maximum atomic E-state index is 11.7. The summed E-state index contributed by atoms with van der Waals surface area (Å²) in [5, 5.41) is 3.75. The Hall–Kier alpha value is -1.02. The fraction of sp³-hybridized carbons (Fsp3) is 0.462. The highest BCUT2D eigenvalue weighted by Gasteiger charge is 2.39. The van der Waals surface area contributed by atoms with Crippen LogP contribution in [0.25, 0.3) is 0 Å². The highest BCUT2D eigenvalue weighted by Crippen LogP contribution is 2.38. The van der Waals surface area contributed by atoms with E-state index in [1.807, 2.05) is 31.2 Å². The largest absolute Gasteiger partial charge is 0.349 e. The first-order valence-corrected chi connectivity index (χ1v) is 6.01. The first kappa shape index (κ1) is 11.5. The number of carbonyl (C=O) groups is 1. The highest BCUT2D eigenvalue weighted by molar-refractivity contribution is 6.30. The molecule has 1 saturated carbocycles. The zero-order valence-corrected chi connectivity index (χ0v) is 10.3. The van der Waals surface area contributed by atoms with E-state index < -0.39 is 0 Å². The molecular formula is C13H16ClNO. The summed E-state index contributed by atoms with van der Waals surface area (Å²) in [6.07, 6.45) is 1.03. The Morgan fingerprint density at radius 1 is 1.44 bits per heavy atom. The molecule has 1 N–H and O–H groups in total. The minimum Gasteiger partial charge on any atom is -0.349 e. The topological polar surface area (TPSA) is 29.1 Å². The molecule has 0 radical (unpaired) electrons. The molecule has 0 aliphatic heterocycles. The molecule has 2 nitrogen and oxygen atoms in total. The Morgan fingerprint density at radius 2 is 2.00 bits per heavy atom. The minimum atomic E-state index is 0.0533. The average Bonchev–Trinajstić information content (AvgIpc) is 2.96. The number of halogens is 1. The number of carbonyl (C=O) groups excluding carboxylic acids is 1. The van der Waals surface area contributed by atoms with E-state index in [2.05, 4.69) is 12.2 Å². The van der Waals surface area contributed by atoms with Gasteiger partial charge in [-0.05, 0) is 37.0 Å². The monoisotopic (exact) mass is 237 g/mol. The van der Waals surface area contributed by atoms with Gasteiger partial charge in [-0.3, -0.25) is 4.79 Å². The second-order valence-corrected chi connectivity index (χ2v) is 5.04. The van der Waals surface area contributed by atoms with Crippen molar-refractivity contribution >= 4 is 17.5 Å². The van der Waals surface area contributed by atoms with Crippen LogP contribution in [0.1, 0.15) is 31.9 Å². The van der Waals surface area contributed by atoms with Crippen molar-refractivity contribution in [1.29, 1.82) is 0 Å². The predicted octanol–water partition coefficient (Wildman–Crippen LogP) is 3.17. The van der Waals surface area contributed by atoms with Crippen LogP contribution in [-0.4, -0.2) is 5.91 Å².